The summed E-state index contributed by atoms with van der Waals surface area (Å²) in [4.78, 5) is 13.2. The summed E-state index contributed by atoms with van der Waals surface area (Å²) in [6.45, 7) is 3.44. The van der Waals surface area contributed by atoms with Crippen LogP contribution >= 0.6 is 0 Å². The zero-order valence-electron chi connectivity index (χ0n) is 11.4. The van der Waals surface area contributed by atoms with Crippen LogP contribution in [-0.4, -0.2) is 42.2 Å². The summed E-state index contributed by atoms with van der Waals surface area (Å²) >= 11 is 0. The van der Waals surface area contributed by atoms with Gasteiger partial charge in [0.1, 0.15) is 0 Å². The Labute approximate surface area is 120 Å². The Morgan fingerprint density at radius 1 is 1.29 bits per heavy atom. The third-order valence-corrected chi connectivity index (χ3v) is 3.51. The Morgan fingerprint density at radius 3 is 2.52 bits per heavy atom. The molecule has 0 spiro atoms. The second-order valence-corrected chi connectivity index (χ2v) is 5.04. The van der Waals surface area contributed by atoms with Crippen molar-refractivity contribution >= 4 is 11.7 Å². The van der Waals surface area contributed by atoms with Gasteiger partial charge in [0, 0.05) is 18.8 Å². The molecule has 1 aromatic carbocycles. The number of aromatic carboxylic acids is 1. The van der Waals surface area contributed by atoms with E-state index in [1.165, 1.54) is 18.9 Å². The van der Waals surface area contributed by atoms with Gasteiger partial charge < -0.3 is 15.3 Å². The quantitative estimate of drug-likeness (QED) is 0.878. The van der Waals surface area contributed by atoms with Crippen molar-refractivity contribution in [2.24, 2.45) is 0 Å². The molecule has 2 N–H and O–H groups in total. The SMILES string of the molecule is O=C(O)c1cc(NCCN2CCCC2)ccc1C(F)(F)F. The van der Waals surface area contributed by atoms with Gasteiger partial charge in [-0.05, 0) is 44.1 Å². The van der Waals surface area contributed by atoms with Crippen LogP contribution in [0.3, 0.4) is 0 Å². The van der Waals surface area contributed by atoms with Crippen LogP contribution in [0, 0.1) is 0 Å². The van der Waals surface area contributed by atoms with Crippen LogP contribution in [-0.2, 0) is 6.18 Å². The van der Waals surface area contributed by atoms with Crippen LogP contribution in [0.2, 0.25) is 0 Å². The number of carboxylic acid groups (broad SMARTS) is 1. The minimum absolute atomic E-state index is 0.389. The molecule has 116 valence electrons. The molecule has 1 fully saturated rings. The molecule has 1 aliphatic rings. The number of halogens is 3. The molecule has 1 heterocycles. The van der Waals surface area contributed by atoms with Gasteiger partial charge in [0.05, 0.1) is 11.1 Å². The van der Waals surface area contributed by atoms with Gasteiger partial charge in [0.25, 0.3) is 0 Å². The van der Waals surface area contributed by atoms with Crippen LogP contribution in [0.25, 0.3) is 0 Å². The van der Waals surface area contributed by atoms with Gasteiger partial charge in [-0.1, -0.05) is 0 Å². The summed E-state index contributed by atoms with van der Waals surface area (Å²) in [7, 11) is 0. The predicted octanol–water partition coefficient (Wildman–Crippen LogP) is 2.91. The highest BCUT2D eigenvalue weighted by Crippen LogP contribution is 2.33. The Bertz CT molecular complexity index is 511. The average Bonchev–Trinajstić information content (AvgIpc) is 2.90. The fraction of sp³-hybridized carbons (Fsp3) is 0.500. The number of carbonyl (C=O) groups is 1. The minimum Gasteiger partial charge on any atom is -0.478 e. The van der Waals surface area contributed by atoms with Crippen LogP contribution in [0.5, 0.6) is 0 Å². The van der Waals surface area contributed by atoms with Gasteiger partial charge >= 0.3 is 12.1 Å². The predicted molar refractivity (Wildman–Crippen MR) is 72.6 cm³/mol. The molecule has 0 bridgehead atoms. The number of nitrogens with one attached hydrogen (secondary N) is 1. The summed E-state index contributed by atoms with van der Waals surface area (Å²) in [6.07, 6.45) is -2.32. The monoisotopic (exact) mass is 302 g/mol. The van der Waals surface area contributed by atoms with Crippen molar-refractivity contribution in [1.29, 1.82) is 0 Å². The second-order valence-electron chi connectivity index (χ2n) is 5.04. The summed E-state index contributed by atoms with van der Waals surface area (Å²) in [5.41, 5.74) is -1.46. The summed E-state index contributed by atoms with van der Waals surface area (Å²) < 4.78 is 38.1. The number of likely N-dealkylation sites (tertiary alicyclic amines) is 1. The highest BCUT2D eigenvalue weighted by molar-refractivity contribution is 5.91. The highest BCUT2D eigenvalue weighted by Gasteiger charge is 2.35. The molecule has 0 radical (unpaired) electrons. The maximum absolute atomic E-state index is 12.7. The molecule has 4 nitrogen and oxygen atoms in total. The first kappa shape index (κ1) is 15.6. The van der Waals surface area contributed by atoms with Crippen molar-refractivity contribution in [3.05, 3.63) is 29.3 Å². The molecule has 1 saturated heterocycles. The number of rotatable bonds is 5. The van der Waals surface area contributed by atoms with E-state index >= 15 is 0 Å². The average molecular weight is 302 g/mol. The van der Waals surface area contributed by atoms with Crippen molar-refractivity contribution in [2.45, 2.75) is 19.0 Å². The first-order valence-corrected chi connectivity index (χ1v) is 6.78. The summed E-state index contributed by atoms with van der Waals surface area (Å²) in [5.74, 6) is -1.58. The van der Waals surface area contributed by atoms with Gasteiger partial charge in [0.15, 0.2) is 0 Å². The number of hydrogen-bond donors (Lipinski definition) is 2. The number of carboxylic acids is 1. The van der Waals surface area contributed by atoms with Crippen molar-refractivity contribution in [1.82, 2.24) is 4.90 Å². The Balaban J connectivity index is 2.03. The van der Waals surface area contributed by atoms with Gasteiger partial charge in [-0.2, -0.15) is 13.2 Å². The van der Waals surface area contributed by atoms with E-state index in [0.717, 1.165) is 31.8 Å². The summed E-state index contributed by atoms with van der Waals surface area (Å²) in [6, 6.07) is 3.11. The zero-order chi connectivity index (χ0) is 15.5. The normalized spacial score (nSPS) is 16.1. The van der Waals surface area contributed by atoms with Crippen LogP contribution in [0.4, 0.5) is 18.9 Å². The van der Waals surface area contributed by atoms with E-state index in [1.807, 2.05) is 0 Å². The summed E-state index contributed by atoms with van der Waals surface area (Å²) in [5, 5.41) is 11.9. The third-order valence-electron chi connectivity index (χ3n) is 3.51. The van der Waals surface area contributed by atoms with Crippen LogP contribution < -0.4 is 5.32 Å². The number of alkyl halides is 3. The smallest absolute Gasteiger partial charge is 0.417 e. The molecule has 0 aliphatic carbocycles. The van der Waals surface area contributed by atoms with Crippen LogP contribution in [0.1, 0.15) is 28.8 Å². The van der Waals surface area contributed by atoms with E-state index < -0.39 is 23.3 Å². The first-order valence-electron chi connectivity index (χ1n) is 6.78. The Morgan fingerprint density at radius 2 is 1.95 bits per heavy atom. The van der Waals surface area contributed by atoms with E-state index in [2.05, 4.69) is 10.2 Å². The molecule has 0 aromatic heterocycles. The number of hydrogen-bond acceptors (Lipinski definition) is 3. The molecular weight excluding hydrogens is 285 g/mol. The molecule has 0 saturated carbocycles. The number of nitrogens with zero attached hydrogens (tertiary/aromatic N) is 1. The standard InChI is InChI=1S/C14H17F3N2O2/c15-14(16,17)12-4-3-10(9-11(12)13(20)21)18-5-8-19-6-1-2-7-19/h3-4,9,18H,1-2,5-8H2,(H,20,21). The fourth-order valence-electron chi connectivity index (χ4n) is 2.44. The lowest BCUT2D eigenvalue weighted by atomic mass is 10.1. The van der Waals surface area contributed by atoms with Gasteiger partial charge in [0.2, 0.25) is 0 Å². The fourth-order valence-corrected chi connectivity index (χ4v) is 2.44. The number of benzene rings is 1. The van der Waals surface area contributed by atoms with Crippen molar-refractivity contribution in [2.75, 3.05) is 31.5 Å². The third kappa shape index (κ3) is 4.10. The van der Waals surface area contributed by atoms with Gasteiger partial charge in [-0.25, -0.2) is 4.79 Å². The maximum atomic E-state index is 12.7. The Kier molecular flexibility index (Phi) is 4.72. The molecule has 1 aromatic rings. The largest absolute Gasteiger partial charge is 0.478 e. The molecule has 2 rings (SSSR count). The lowest BCUT2D eigenvalue weighted by Crippen LogP contribution is -2.26. The zero-order valence-corrected chi connectivity index (χ0v) is 11.4. The first-order chi connectivity index (χ1) is 9.88. The van der Waals surface area contributed by atoms with Crippen molar-refractivity contribution < 1.29 is 23.1 Å². The molecule has 0 unspecified atom stereocenters. The van der Waals surface area contributed by atoms with E-state index in [-0.39, 0.29) is 0 Å². The highest BCUT2D eigenvalue weighted by atomic mass is 19.4. The van der Waals surface area contributed by atoms with Gasteiger partial charge in [-0.15, -0.1) is 0 Å². The lowest BCUT2D eigenvalue weighted by Gasteiger charge is -2.16. The van der Waals surface area contributed by atoms with E-state index in [1.54, 1.807) is 0 Å². The van der Waals surface area contributed by atoms with E-state index in [0.29, 0.717) is 12.2 Å². The van der Waals surface area contributed by atoms with E-state index in [9.17, 15) is 18.0 Å². The van der Waals surface area contributed by atoms with Crippen molar-refractivity contribution in [3.8, 4) is 0 Å². The second kappa shape index (κ2) is 6.34. The molecule has 21 heavy (non-hydrogen) atoms. The Hall–Kier alpha value is -1.76. The van der Waals surface area contributed by atoms with Crippen molar-refractivity contribution in [3.63, 3.8) is 0 Å². The molecule has 0 amide bonds. The molecule has 7 heteroatoms. The topological polar surface area (TPSA) is 52.6 Å². The molecule has 0 atom stereocenters. The lowest BCUT2D eigenvalue weighted by molar-refractivity contribution is -0.138. The number of anilines is 1. The van der Waals surface area contributed by atoms with Crippen LogP contribution in [0.15, 0.2) is 18.2 Å². The maximum Gasteiger partial charge on any atom is 0.417 e. The molecular formula is C14H17F3N2O2. The molecule has 1 aliphatic heterocycles. The minimum atomic E-state index is -4.66. The van der Waals surface area contributed by atoms with Gasteiger partial charge in [-0.3, -0.25) is 0 Å². The van der Waals surface area contributed by atoms with E-state index in [4.69, 9.17) is 5.11 Å².